The average Bonchev–Trinajstić information content (AvgIpc) is 3.22. The van der Waals surface area contributed by atoms with Crippen LogP contribution in [0.1, 0.15) is 29.5 Å². The van der Waals surface area contributed by atoms with E-state index in [1.54, 1.807) is 10.7 Å². The summed E-state index contributed by atoms with van der Waals surface area (Å²) in [6, 6.07) is 7.37. The van der Waals surface area contributed by atoms with E-state index in [9.17, 15) is 4.79 Å². The zero-order valence-corrected chi connectivity index (χ0v) is 14.7. The van der Waals surface area contributed by atoms with Crippen molar-refractivity contribution in [2.75, 3.05) is 26.3 Å². The molecule has 1 aliphatic heterocycles. The number of carbonyl (C=O) groups is 1. The van der Waals surface area contributed by atoms with Gasteiger partial charge in [0, 0.05) is 25.6 Å². The third-order valence-electron chi connectivity index (χ3n) is 4.35. The molecule has 3 rings (SSSR count). The number of nitrogens with zero attached hydrogens (tertiary/aromatic N) is 4. The van der Waals surface area contributed by atoms with Crippen LogP contribution in [-0.4, -0.2) is 52.1 Å². The Morgan fingerprint density at radius 3 is 2.92 bits per heavy atom. The van der Waals surface area contributed by atoms with Crippen LogP contribution in [-0.2, 0) is 4.74 Å². The molecule has 24 heavy (non-hydrogen) atoms. The Morgan fingerprint density at radius 2 is 2.25 bits per heavy atom. The molecule has 2 aromatic rings. The minimum Gasteiger partial charge on any atom is -0.381 e. The summed E-state index contributed by atoms with van der Waals surface area (Å²) in [5.41, 5.74) is 1.78. The first-order valence-corrected chi connectivity index (χ1v) is 8.53. The van der Waals surface area contributed by atoms with Crippen LogP contribution in [0.2, 0.25) is 5.02 Å². The molecule has 0 spiro atoms. The van der Waals surface area contributed by atoms with Crippen LogP contribution >= 0.6 is 11.6 Å². The molecule has 1 amide bonds. The van der Waals surface area contributed by atoms with Gasteiger partial charge >= 0.3 is 0 Å². The third-order valence-corrected chi connectivity index (χ3v) is 4.67. The lowest BCUT2D eigenvalue weighted by molar-refractivity contribution is 0.0724. The molecule has 128 valence electrons. The standard InChI is InChI=1S/C17H21ClN4O2/c1-3-21(10-13-8-9-24-11-13)17(23)16-12(2)22(20-19-16)15-7-5-4-6-14(15)18/h4-7,13H,3,8-11H2,1-2H3. The summed E-state index contributed by atoms with van der Waals surface area (Å²) in [5, 5.41) is 8.80. The van der Waals surface area contributed by atoms with Gasteiger partial charge in [0.15, 0.2) is 5.69 Å². The summed E-state index contributed by atoms with van der Waals surface area (Å²) in [4.78, 5) is 14.7. The Morgan fingerprint density at radius 1 is 1.46 bits per heavy atom. The predicted octanol–water partition coefficient (Wildman–Crippen LogP) is 2.73. The van der Waals surface area contributed by atoms with Crippen LogP contribution < -0.4 is 0 Å². The van der Waals surface area contributed by atoms with E-state index in [1.165, 1.54) is 0 Å². The van der Waals surface area contributed by atoms with Crippen molar-refractivity contribution in [3.8, 4) is 5.69 Å². The Labute approximate surface area is 146 Å². The van der Waals surface area contributed by atoms with E-state index in [4.69, 9.17) is 16.3 Å². The van der Waals surface area contributed by atoms with Crippen molar-refractivity contribution in [1.29, 1.82) is 0 Å². The Bertz CT molecular complexity index is 725. The van der Waals surface area contributed by atoms with Gasteiger partial charge in [-0.05, 0) is 32.4 Å². The molecule has 1 unspecified atom stereocenters. The van der Waals surface area contributed by atoms with Crippen LogP contribution in [0.5, 0.6) is 0 Å². The summed E-state index contributed by atoms with van der Waals surface area (Å²) < 4.78 is 7.02. The lowest BCUT2D eigenvalue weighted by atomic mass is 10.1. The van der Waals surface area contributed by atoms with Gasteiger partial charge in [0.25, 0.3) is 5.91 Å². The van der Waals surface area contributed by atoms with Crippen molar-refractivity contribution in [3.63, 3.8) is 0 Å². The van der Waals surface area contributed by atoms with E-state index in [1.807, 2.05) is 36.9 Å². The van der Waals surface area contributed by atoms with Gasteiger partial charge in [0.05, 0.1) is 23.0 Å². The van der Waals surface area contributed by atoms with Crippen molar-refractivity contribution >= 4 is 17.5 Å². The van der Waals surface area contributed by atoms with Crippen LogP contribution in [0.15, 0.2) is 24.3 Å². The number of rotatable bonds is 5. The highest BCUT2D eigenvalue weighted by Gasteiger charge is 2.26. The monoisotopic (exact) mass is 348 g/mol. The van der Waals surface area contributed by atoms with E-state index >= 15 is 0 Å². The SMILES string of the molecule is CCN(CC1CCOC1)C(=O)c1nnn(-c2ccccc2Cl)c1C. The van der Waals surface area contributed by atoms with E-state index in [2.05, 4.69) is 10.3 Å². The second kappa shape index (κ2) is 7.32. The molecule has 0 N–H and O–H groups in total. The second-order valence-corrected chi connectivity index (χ2v) is 6.37. The van der Waals surface area contributed by atoms with Gasteiger partial charge in [0.2, 0.25) is 0 Å². The molecule has 0 saturated carbocycles. The fourth-order valence-corrected chi connectivity index (χ4v) is 3.14. The maximum absolute atomic E-state index is 12.9. The van der Waals surface area contributed by atoms with Gasteiger partial charge in [-0.3, -0.25) is 4.79 Å². The van der Waals surface area contributed by atoms with Gasteiger partial charge < -0.3 is 9.64 Å². The first kappa shape index (κ1) is 16.9. The maximum atomic E-state index is 12.9. The molecule has 1 aromatic carbocycles. The van der Waals surface area contributed by atoms with Crippen molar-refractivity contribution in [2.24, 2.45) is 5.92 Å². The molecule has 1 atom stereocenters. The first-order chi connectivity index (χ1) is 11.6. The van der Waals surface area contributed by atoms with E-state index < -0.39 is 0 Å². The van der Waals surface area contributed by atoms with Crippen molar-refractivity contribution in [1.82, 2.24) is 19.9 Å². The molecule has 2 heterocycles. The van der Waals surface area contributed by atoms with Crippen molar-refractivity contribution in [3.05, 3.63) is 40.7 Å². The van der Waals surface area contributed by atoms with Gasteiger partial charge in [-0.1, -0.05) is 28.9 Å². The fourth-order valence-electron chi connectivity index (χ4n) is 2.92. The number of hydrogen-bond donors (Lipinski definition) is 0. The Hall–Kier alpha value is -1.92. The molecule has 0 radical (unpaired) electrons. The van der Waals surface area contributed by atoms with Gasteiger partial charge in [-0.2, -0.15) is 0 Å². The normalized spacial score (nSPS) is 17.2. The van der Waals surface area contributed by atoms with E-state index in [0.717, 1.165) is 25.3 Å². The van der Waals surface area contributed by atoms with Gasteiger partial charge in [-0.15, -0.1) is 5.10 Å². The van der Waals surface area contributed by atoms with E-state index in [0.29, 0.717) is 35.4 Å². The smallest absolute Gasteiger partial charge is 0.276 e. The average molecular weight is 349 g/mol. The molecule has 1 saturated heterocycles. The van der Waals surface area contributed by atoms with Crippen LogP contribution in [0.4, 0.5) is 0 Å². The predicted molar refractivity (Wildman–Crippen MR) is 91.6 cm³/mol. The zero-order chi connectivity index (χ0) is 17.1. The van der Waals surface area contributed by atoms with Crippen LogP contribution in [0.3, 0.4) is 0 Å². The molecule has 1 fully saturated rings. The van der Waals surface area contributed by atoms with Crippen molar-refractivity contribution < 1.29 is 9.53 Å². The molecule has 1 aromatic heterocycles. The summed E-state index contributed by atoms with van der Waals surface area (Å²) in [5.74, 6) is 0.299. The molecular weight excluding hydrogens is 328 g/mol. The summed E-state index contributed by atoms with van der Waals surface area (Å²) in [6.07, 6.45) is 0.995. The molecule has 6 nitrogen and oxygen atoms in total. The highest BCUT2D eigenvalue weighted by atomic mass is 35.5. The zero-order valence-electron chi connectivity index (χ0n) is 13.9. The quantitative estimate of drug-likeness (QED) is 0.833. The fraction of sp³-hybridized carbons (Fsp3) is 0.471. The number of ether oxygens (including phenoxy) is 1. The van der Waals surface area contributed by atoms with Crippen molar-refractivity contribution in [2.45, 2.75) is 20.3 Å². The Balaban J connectivity index is 1.84. The highest BCUT2D eigenvalue weighted by molar-refractivity contribution is 6.32. The van der Waals surface area contributed by atoms with Gasteiger partial charge in [0.1, 0.15) is 0 Å². The number of benzene rings is 1. The maximum Gasteiger partial charge on any atom is 0.276 e. The topological polar surface area (TPSA) is 60.2 Å². The Kier molecular flexibility index (Phi) is 5.16. The lowest BCUT2D eigenvalue weighted by Gasteiger charge is -2.23. The highest BCUT2D eigenvalue weighted by Crippen LogP contribution is 2.22. The molecule has 1 aliphatic rings. The minimum absolute atomic E-state index is 0.0970. The minimum atomic E-state index is -0.0970. The summed E-state index contributed by atoms with van der Waals surface area (Å²) >= 11 is 6.22. The second-order valence-electron chi connectivity index (χ2n) is 5.96. The number of hydrogen-bond acceptors (Lipinski definition) is 4. The molecule has 0 aliphatic carbocycles. The number of aromatic nitrogens is 3. The number of halogens is 1. The molecular formula is C17H21ClN4O2. The first-order valence-electron chi connectivity index (χ1n) is 8.16. The van der Waals surface area contributed by atoms with Crippen LogP contribution in [0, 0.1) is 12.8 Å². The molecule has 7 heteroatoms. The largest absolute Gasteiger partial charge is 0.381 e. The number of carbonyl (C=O) groups excluding carboxylic acids is 1. The molecule has 0 bridgehead atoms. The number of para-hydroxylation sites is 1. The third kappa shape index (κ3) is 3.30. The van der Waals surface area contributed by atoms with Gasteiger partial charge in [-0.25, -0.2) is 4.68 Å². The van der Waals surface area contributed by atoms with Crippen LogP contribution in [0.25, 0.3) is 5.69 Å². The lowest BCUT2D eigenvalue weighted by Crippen LogP contribution is -2.36. The summed E-state index contributed by atoms with van der Waals surface area (Å²) in [7, 11) is 0. The number of amides is 1. The summed E-state index contributed by atoms with van der Waals surface area (Å²) in [6.45, 7) is 6.62. The van der Waals surface area contributed by atoms with E-state index in [-0.39, 0.29) is 5.91 Å².